The standard InChI is InChI=1S/C16H15FN4O3/c1-10(2)21-15(23)14(22)19(16(21)24)9-12-6-7-20(18-12)13-5-3-4-11(17)8-13/h3-8,10H,9H2,1-2H3. The number of amides is 4. The number of urea groups is 1. The van der Waals surface area contributed by atoms with Crippen molar-refractivity contribution in [2.75, 3.05) is 0 Å². The maximum Gasteiger partial charge on any atom is 0.334 e. The zero-order valence-corrected chi connectivity index (χ0v) is 13.1. The Labute approximate surface area is 137 Å². The van der Waals surface area contributed by atoms with E-state index in [-0.39, 0.29) is 6.54 Å². The summed E-state index contributed by atoms with van der Waals surface area (Å²) in [6.45, 7) is 3.20. The molecule has 0 unspecified atom stereocenters. The number of hydrogen-bond donors (Lipinski definition) is 0. The zero-order chi connectivity index (χ0) is 17.4. The summed E-state index contributed by atoms with van der Waals surface area (Å²) in [6.07, 6.45) is 1.59. The lowest BCUT2D eigenvalue weighted by atomic mass is 10.3. The number of benzene rings is 1. The highest BCUT2D eigenvalue weighted by atomic mass is 19.1. The second kappa shape index (κ2) is 5.88. The van der Waals surface area contributed by atoms with Crippen LogP contribution in [0.1, 0.15) is 19.5 Å². The van der Waals surface area contributed by atoms with Crippen molar-refractivity contribution in [2.45, 2.75) is 26.4 Å². The van der Waals surface area contributed by atoms with Crippen molar-refractivity contribution in [1.82, 2.24) is 19.6 Å². The topological polar surface area (TPSA) is 75.5 Å². The highest BCUT2D eigenvalue weighted by Crippen LogP contribution is 2.18. The molecule has 0 atom stereocenters. The van der Waals surface area contributed by atoms with Crippen LogP contribution in [0.3, 0.4) is 0 Å². The van der Waals surface area contributed by atoms with Gasteiger partial charge in [0.15, 0.2) is 0 Å². The van der Waals surface area contributed by atoms with Gasteiger partial charge < -0.3 is 0 Å². The lowest BCUT2D eigenvalue weighted by molar-refractivity contribution is -0.144. The van der Waals surface area contributed by atoms with Crippen LogP contribution in [0.25, 0.3) is 5.69 Å². The molecule has 3 rings (SSSR count). The molecule has 1 fully saturated rings. The molecular formula is C16H15FN4O3. The van der Waals surface area contributed by atoms with Crippen LogP contribution in [-0.4, -0.2) is 43.5 Å². The van der Waals surface area contributed by atoms with Crippen LogP contribution in [0, 0.1) is 5.82 Å². The Bertz CT molecular complexity index is 830. The van der Waals surface area contributed by atoms with Gasteiger partial charge in [0, 0.05) is 12.2 Å². The van der Waals surface area contributed by atoms with E-state index in [1.165, 1.54) is 16.8 Å². The Hall–Kier alpha value is -3.03. The molecule has 8 heteroatoms. The predicted octanol–water partition coefficient (Wildman–Crippen LogP) is 1.71. The summed E-state index contributed by atoms with van der Waals surface area (Å²) in [7, 11) is 0. The number of aromatic nitrogens is 2. The molecule has 1 aromatic heterocycles. The molecule has 0 spiro atoms. The van der Waals surface area contributed by atoms with E-state index in [0.29, 0.717) is 11.4 Å². The van der Waals surface area contributed by atoms with Gasteiger partial charge in [-0.05, 0) is 38.1 Å². The average molecular weight is 330 g/mol. The Balaban J connectivity index is 1.81. The fourth-order valence-corrected chi connectivity index (χ4v) is 2.49. The van der Waals surface area contributed by atoms with Gasteiger partial charge in [-0.2, -0.15) is 5.10 Å². The smallest absolute Gasteiger partial charge is 0.263 e. The first-order valence-electron chi connectivity index (χ1n) is 7.38. The SMILES string of the molecule is CC(C)N1C(=O)C(=O)N(Cc2ccn(-c3cccc(F)c3)n2)C1=O. The minimum atomic E-state index is -0.867. The van der Waals surface area contributed by atoms with Crippen molar-refractivity contribution in [1.29, 1.82) is 0 Å². The number of carbonyl (C=O) groups is 3. The molecule has 124 valence electrons. The molecule has 24 heavy (non-hydrogen) atoms. The summed E-state index contributed by atoms with van der Waals surface area (Å²) in [5.41, 5.74) is 0.930. The van der Waals surface area contributed by atoms with Gasteiger partial charge in [0.1, 0.15) is 5.82 Å². The van der Waals surface area contributed by atoms with Crippen molar-refractivity contribution >= 4 is 17.8 Å². The summed E-state index contributed by atoms with van der Waals surface area (Å²) in [4.78, 5) is 37.9. The molecule has 7 nitrogen and oxygen atoms in total. The van der Waals surface area contributed by atoms with Crippen molar-refractivity contribution in [3.05, 3.63) is 48.0 Å². The Morgan fingerprint density at radius 3 is 2.50 bits per heavy atom. The van der Waals surface area contributed by atoms with Gasteiger partial charge in [0.05, 0.1) is 17.9 Å². The van der Waals surface area contributed by atoms with Gasteiger partial charge in [-0.3, -0.25) is 14.5 Å². The first-order chi connectivity index (χ1) is 11.4. The van der Waals surface area contributed by atoms with Crippen molar-refractivity contribution in [3.63, 3.8) is 0 Å². The van der Waals surface area contributed by atoms with Crippen molar-refractivity contribution < 1.29 is 18.8 Å². The largest absolute Gasteiger partial charge is 0.334 e. The van der Waals surface area contributed by atoms with Crippen LogP contribution in [0.2, 0.25) is 0 Å². The maximum absolute atomic E-state index is 13.3. The van der Waals surface area contributed by atoms with Crippen LogP contribution >= 0.6 is 0 Å². The Morgan fingerprint density at radius 1 is 1.12 bits per heavy atom. The van der Waals surface area contributed by atoms with Crippen LogP contribution in [0.15, 0.2) is 36.5 Å². The molecule has 1 aromatic carbocycles. The number of rotatable bonds is 4. The number of carbonyl (C=O) groups excluding carboxylic acids is 3. The van der Waals surface area contributed by atoms with Gasteiger partial charge in [-0.25, -0.2) is 18.8 Å². The minimum Gasteiger partial charge on any atom is -0.263 e. The fourth-order valence-electron chi connectivity index (χ4n) is 2.49. The summed E-state index contributed by atoms with van der Waals surface area (Å²) >= 11 is 0. The number of nitrogens with zero attached hydrogens (tertiary/aromatic N) is 4. The maximum atomic E-state index is 13.3. The van der Waals surface area contributed by atoms with Crippen LogP contribution in [0.4, 0.5) is 9.18 Å². The monoisotopic (exact) mass is 330 g/mol. The predicted molar refractivity (Wildman–Crippen MR) is 81.5 cm³/mol. The molecule has 4 amide bonds. The van der Waals surface area contributed by atoms with Gasteiger partial charge in [0.2, 0.25) is 0 Å². The summed E-state index contributed by atoms with van der Waals surface area (Å²) in [6, 6.07) is 6.42. The zero-order valence-electron chi connectivity index (χ0n) is 13.1. The summed E-state index contributed by atoms with van der Waals surface area (Å²) in [5.74, 6) is -2.10. The highest BCUT2D eigenvalue weighted by Gasteiger charge is 2.45. The average Bonchev–Trinajstić information content (AvgIpc) is 3.07. The van der Waals surface area contributed by atoms with E-state index in [0.717, 1.165) is 9.80 Å². The van der Waals surface area contributed by atoms with E-state index in [1.807, 2.05) is 0 Å². The molecule has 1 aliphatic heterocycles. The van der Waals surface area contributed by atoms with Crippen LogP contribution in [-0.2, 0) is 16.1 Å². The molecule has 0 saturated carbocycles. The third kappa shape index (κ3) is 2.66. The van der Waals surface area contributed by atoms with Crippen molar-refractivity contribution in [2.24, 2.45) is 0 Å². The van der Waals surface area contributed by atoms with Crippen LogP contribution in [0.5, 0.6) is 0 Å². The first-order valence-corrected chi connectivity index (χ1v) is 7.38. The molecule has 0 aliphatic carbocycles. The van der Waals surface area contributed by atoms with E-state index in [1.54, 1.807) is 38.2 Å². The lowest BCUT2D eigenvalue weighted by Gasteiger charge is -2.17. The normalized spacial score (nSPS) is 15.1. The summed E-state index contributed by atoms with van der Waals surface area (Å²) < 4.78 is 14.7. The second-order valence-electron chi connectivity index (χ2n) is 5.67. The quantitative estimate of drug-likeness (QED) is 0.632. The van der Waals surface area contributed by atoms with Gasteiger partial charge in [-0.15, -0.1) is 0 Å². The lowest BCUT2D eigenvalue weighted by Crippen LogP contribution is -2.37. The van der Waals surface area contributed by atoms with E-state index in [2.05, 4.69) is 5.10 Å². The van der Waals surface area contributed by atoms with Gasteiger partial charge in [-0.1, -0.05) is 6.07 Å². The highest BCUT2D eigenvalue weighted by molar-refractivity contribution is 6.44. The molecule has 0 N–H and O–H groups in total. The third-order valence-corrected chi connectivity index (χ3v) is 3.64. The number of imide groups is 2. The van der Waals surface area contributed by atoms with E-state index in [9.17, 15) is 18.8 Å². The molecule has 2 heterocycles. The fraction of sp³-hybridized carbons (Fsp3) is 0.250. The molecule has 0 bridgehead atoms. The molecule has 1 aliphatic rings. The van der Waals surface area contributed by atoms with Gasteiger partial charge in [0.25, 0.3) is 0 Å². The Morgan fingerprint density at radius 2 is 1.88 bits per heavy atom. The Kier molecular flexibility index (Phi) is 3.88. The number of hydrogen-bond acceptors (Lipinski definition) is 4. The summed E-state index contributed by atoms with van der Waals surface area (Å²) in [5, 5.41) is 4.22. The molecule has 1 saturated heterocycles. The minimum absolute atomic E-state index is 0.116. The third-order valence-electron chi connectivity index (χ3n) is 3.64. The van der Waals surface area contributed by atoms with E-state index < -0.39 is 29.7 Å². The van der Waals surface area contributed by atoms with E-state index >= 15 is 0 Å². The first kappa shape index (κ1) is 15.9. The molecule has 2 aromatic rings. The van der Waals surface area contributed by atoms with Crippen molar-refractivity contribution in [3.8, 4) is 5.69 Å². The van der Waals surface area contributed by atoms with E-state index in [4.69, 9.17) is 0 Å². The molecule has 0 radical (unpaired) electrons. The van der Waals surface area contributed by atoms with Gasteiger partial charge >= 0.3 is 17.8 Å². The van der Waals surface area contributed by atoms with Crippen LogP contribution < -0.4 is 0 Å². The molecular weight excluding hydrogens is 315 g/mol. The number of halogens is 1. The second-order valence-corrected chi connectivity index (χ2v) is 5.67.